The number of hydrogen-bond donors (Lipinski definition) is 2. The first-order valence-electron chi connectivity index (χ1n) is 6.87. The number of aromatic hydroxyl groups is 1. The Morgan fingerprint density at radius 3 is 2.24 bits per heavy atom. The molecule has 0 aliphatic rings. The van der Waals surface area contributed by atoms with Crippen LogP contribution in [-0.4, -0.2) is 25.5 Å². The summed E-state index contributed by atoms with van der Waals surface area (Å²) in [5, 5.41) is 13.8. The number of hydrazone groups is 1. The number of phenols is 1. The lowest BCUT2D eigenvalue weighted by Crippen LogP contribution is -2.05. The standard InChI is InChI=1S/C16H14ClF3N2O3/c1-24-13-5-9(6-14(25-2)15(13)23)8-21-22-12-7-10(16(18,19)20)3-4-11(12)17/h3-8,22-23H,1-2H3/b21-8+. The van der Waals surface area contributed by atoms with Gasteiger partial charge in [0.05, 0.1) is 36.7 Å². The van der Waals surface area contributed by atoms with Gasteiger partial charge < -0.3 is 14.6 Å². The molecule has 2 aromatic rings. The second kappa shape index (κ2) is 7.52. The molecule has 2 rings (SSSR count). The maximum Gasteiger partial charge on any atom is 0.416 e. The molecule has 0 saturated heterocycles. The molecule has 134 valence electrons. The number of nitrogens with one attached hydrogen (secondary N) is 1. The first-order chi connectivity index (χ1) is 11.8. The second-order valence-corrected chi connectivity index (χ2v) is 5.24. The average Bonchev–Trinajstić information content (AvgIpc) is 2.56. The first kappa shape index (κ1) is 18.7. The average molecular weight is 375 g/mol. The van der Waals surface area contributed by atoms with Crippen LogP contribution in [-0.2, 0) is 6.18 Å². The highest BCUT2D eigenvalue weighted by molar-refractivity contribution is 6.33. The van der Waals surface area contributed by atoms with E-state index < -0.39 is 11.7 Å². The van der Waals surface area contributed by atoms with Gasteiger partial charge in [-0.2, -0.15) is 18.3 Å². The van der Waals surface area contributed by atoms with Crippen LogP contribution < -0.4 is 14.9 Å². The van der Waals surface area contributed by atoms with Crippen LogP contribution in [0.15, 0.2) is 35.4 Å². The number of hydrogen-bond acceptors (Lipinski definition) is 5. The maximum atomic E-state index is 12.7. The number of phenolic OH excluding ortho intramolecular Hbond substituents is 1. The molecule has 0 radical (unpaired) electrons. The lowest BCUT2D eigenvalue weighted by Gasteiger charge is -2.10. The zero-order valence-electron chi connectivity index (χ0n) is 13.2. The quantitative estimate of drug-likeness (QED) is 0.596. The van der Waals surface area contributed by atoms with Gasteiger partial charge in [0.2, 0.25) is 5.75 Å². The summed E-state index contributed by atoms with van der Waals surface area (Å²) in [5.41, 5.74) is 2.11. The van der Waals surface area contributed by atoms with Crippen molar-refractivity contribution in [3.05, 3.63) is 46.5 Å². The largest absolute Gasteiger partial charge is 0.502 e. The molecule has 2 N–H and O–H groups in total. The minimum atomic E-state index is -4.48. The van der Waals surface area contributed by atoms with Crippen molar-refractivity contribution in [3.63, 3.8) is 0 Å². The minimum Gasteiger partial charge on any atom is -0.502 e. The summed E-state index contributed by atoms with van der Waals surface area (Å²) in [6, 6.07) is 5.84. The number of benzene rings is 2. The van der Waals surface area contributed by atoms with E-state index in [9.17, 15) is 18.3 Å². The number of anilines is 1. The van der Waals surface area contributed by atoms with Crippen molar-refractivity contribution < 1.29 is 27.8 Å². The van der Waals surface area contributed by atoms with Crippen LogP contribution in [0.1, 0.15) is 11.1 Å². The molecule has 0 aromatic heterocycles. The number of rotatable bonds is 5. The van der Waals surface area contributed by atoms with E-state index >= 15 is 0 Å². The van der Waals surface area contributed by atoms with Gasteiger partial charge >= 0.3 is 6.18 Å². The SMILES string of the molecule is COc1cc(/C=N/Nc2cc(C(F)(F)F)ccc2Cl)cc(OC)c1O. The van der Waals surface area contributed by atoms with Crippen molar-refractivity contribution in [2.45, 2.75) is 6.18 Å². The maximum absolute atomic E-state index is 12.7. The van der Waals surface area contributed by atoms with Gasteiger partial charge in [-0.1, -0.05) is 11.6 Å². The van der Waals surface area contributed by atoms with Gasteiger partial charge in [0.25, 0.3) is 0 Å². The van der Waals surface area contributed by atoms with Crippen LogP contribution in [0.25, 0.3) is 0 Å². The third-order valence-electron chi connectivity index (χ3n) is 3.19. The minimum absolute atomic E-state index is 0.00505. The highest BCUT2D eigenvalue weighted by Gasteiger charge is 2.30. The predicted molar refractivity (Wildman–Crippen MR) is 88.9 cm³/mol. The molecule has 0 saturated carbocycles. The topological polar surface area (TPSA) is 63.1 Å². The third kappa shape index (κ3) is 4.48. The Balaban J connectivity index is 2.24. The highest BCUT2D eigenvalue weighted by atomic mass is 35.5. The van der Waals surface area contributed by atoms with Gasteiger partial charge in [0, 0.05) is 5.56 Å². The Morgan fingerprint density at radius 2 is 1.72 bits per heavy atom. The highest BCUT2D eigenvalue weighted by Crippen LogP contribution is 2.37. The van der Waals surface area contributed by atoms with Crippen LogP contribution in [0, 0.1) is 0 Å². The molecule has 2 aromatic carbocycles. The van der Waals surface area contributed by atoms with Gasteiger partial charge in [0.15, 0.2) is 11.5 Å². The normalized spacial score (nSPS) is 11.6. The number of methoxy groups -OCH3 is 2. The van der Waals surface area contributed by atoms with E-state index in [4.69, 9.17) is 21.1 Å². The van der Waals surface area contributed by atoms with E-state index in [0.717, 1.165) is 18.2 Å². The summed E-state index contributed by atoms with van der Waals surface area (Å²) >= 11 is 5.87. The fourth-order valence-corrected chi connectivity index (χ4v) is 2.11. The summed E-state index contributed by atoms with van der Waals surface area (Å²) in [7, 11) is 2.74. The summed E-state index contributed by atoms with van der Waals surface area (Å²) in [4.78, 5) is 0. The van der Waals surface area contributed by atoms with Gasteiger partial charge in [0.1, 0.15) is 0 Å². The lowest BCUT2D eigenvalue weighted by atomic mass is 10.2. The molecule has 0 fully saturated rings. The van der Waals surface area contributed by atoms with Crippen molar-refractivity contribution in [1.82, 2.24) is 0 Å². The number of alkyl halides is 3. The Bertz CT molecular complexity index is 770. The molecule has 25 heavy (non-hydrogen) atoms. The molecule has 0 spiro atoms. The fraction of sp³-hybridized carbons (Fsp3) is 0.188. The Morgan fingerprint density at radius 1 is 1.12 bits per heavy atom. The third-order valence-corrected chi connectivity index (χ3v) is 3.52. The van der Waals surface area contributed by atoms with Crippen LogP contribution in [0.3, 0.4) is 0 Å². The van der Waals surface area contributed by atoms with Crippen molar-refractivity contribution in [1.29, 1.82) is 0 Å². The van der Waals surface area contributed by atoms with E-state index in [0.29, 0.717) is 5.56 Å². The van der Waals surface area contributed by atoms with E-state index in [2.05, 4.69) is 10.5 Å². The summed E-state index contributed by atoms with van der Waals surface area (Å²) in [6.07, 6.45) is -3.16. The van der Waals surface area contributed by atoms with Crippen molar-refractivity contribution in [3.8, 4) is 17.2 Å². The molecule has 0 aliphatic carbocycles. The first-order valence-corrected chi connectivity index (χ1v) is 7.25. The molecule has 0 unspecified atom stereocenters. The van der Waals surface area contributed by atoms with Gasteiger partial charge in [-0.15, -0.1) is 0 Å². The van der Waals surface area contributed by atoms with Crippen molar-refractivity contribution in [2.24, 2.45) is 5.10 Å². The number of ether oxygens (including phenoxy) is 2. The zero-order chi connectivity index (χ0) is 18.6. The Labute approximate surface area is 146 Å². The summed E-state index contributed by atoms with van der Waals surface area (Å²) in [5.74, 6) is 0.159. The molecular formula is C16H14ClF3N2O3. The van der Waals surface area contributed by atoms with Crippen LogP contribution in [0.5, 0.6) is 17.2 Å². The van der Waals surface area contributed by atoms with Gasteiger partial charge in [-0.25, -0.2) is 0 Å². The van der Waals surface area contributed by atoms with Gasteiger partial charge in [-0.05, 0) is 30.3 Å². The lowest BCUT2D eigenvalue weighted by molar-refractivity contribution is -0.137. The number of nitrogens with zero attached hydrogens (tertiary/aromatic N) is 1. The molecule has 0 heterocycles. The van der Waals surface area contributed by atoms with E-state index in [1.807, 2.05) is 0 Å². The summed E-state index contributed by atoms with van der Waals surface area (Å²) in [6.45, 7) is 0. The Kier molecular flexibility index (Phi) is 5.63. The monoisotopic (exact) mass is 374 g/mol. The second-order valence-electron chi connectivity index (χ2n) is 4.84. The van der Waals surface area contributed by atoms with Crippen LogP contribution in [0.2, 0.25) is 5.02 Å². The zero-order valence-corrected chi connectivity index (χ0v) is 13.9. The van der Waals surface area contributed by atoms with Gasteiger partial charge in [-0.3, -0.25) is 5.43 Å². The molecule has 0 amide bonds. The molecule has 0 aliphatic heterocycles. The predicted octanol–water partition coefficient (Wildman–Crippen LogP) is 4.53. The van der Waals surface area contributed by atoms with E-state index in [-0.39, 0.29) is 28.0 Å². The van der Waals surface area contributed by atoms with Crippen LogP contribution >= 0.6 is 11.6 Å². The smallest absolute Gasteiger partial charge is 0.416 e. The van der Waals surface area contributed by atoms with Crippen molar-refractivity contribution >= 4 is 23.5 Å². The Hall–Kier alpha value is -2.61. The molecule has 5 nitrogen and oxygen atoms in total. The molecular weight excluding hydrogens is 361 g/mol. The van der Waals surface area contributed by atoms with Crippen LogP contribution in [0.4, 0.5) is 18.9 Å². The number of halogens is 4. The summed E-state index contributed by atoms with van der Waals surface area (Å²) < 4.78 is 48.2. The molecule has 0 bridgehead atoms. The molecule has 0 atom stereocenters. The van der Waals surface area contributed by atoms with Crippen molar-refractivity contribution in [2.75, 3.05) is 19.6 Å². The van der Waals surface area contributed by atoms with E-state index in [1.54, 1.807) is 0 Å². The van der Waals surface area contributed by atoms with E-state index in [1.165, 1.54) is 32.6 Å². The fourth-order valence-electron chi connectivity index (χ4n) is 1.95. The molecule has 9 heteroatoms.